The summed E-state index contributed by atoms with van der Waals surface area (Å²) in [4.78, 5) is 26.2. The molecule has 0 aliphatic carbocycles. The molecule has 0 spiro atoms. The molecule has 1 aliphatic heterocycles. The minimum atomic E-state index is -0.998. The van der Waals surface area contributed by atoms with Gasteiger partial charge in [-0.1, -0.05) is 28.2 Å². The quantitative estimate of drug-likeness (QED) is 0.867. The summed E-state index contributed by atoms with van der Waals surface area (Å²) in [5.41, 5.74) is 0. The fourth-order valence-electron chi connectivity index (χ4n) is 2.02. The third-order valence-corrected chi connectivity index (χ3v) is 2.98. The number of morpholine rings is 1. The topological polar surface area (TPSA) is 70.1 Å². The van der Waals surface area contributed by atoms with Crippen molar-refractivity contribution in [2.75, 3.05) is 26.2 Å². The van der Waals surface area contributed by atoms with Crippen LogP contribution in [-0.2, 0) is 9.53 Å². The van der Waals surface area contributed by atoms with Gasteiger partial charge in [-0.2, -0.15) is 0 Å². The number of amides is 2. The van der Waals surface area contributed by atoms with E-state index in [0.29, 0.717) is 13.1 Å². The van der Waals surface area contributed by atoms with Crippen LogP contribution in [0.5, 0.6) is 0 Å². The van der Waals surface area contributed by atoms with Gasteiger partial charge in [0.25, 0.3) is 5.91 Å². The lowest BCUT2D eigenvalue weighted by atomic mass is 10.2. The highest BCUT2D eigenvalue weighted by Crippen LogP contribution is 2.11. The highest BCUT2D eigenvalue weighted by molar-refractivity contribution is 5.82. The SMILES string of the molecule is C.CC.CCCN(C(=O)[C@H]1CN(C(=O)O)CCO1)C(C)C. The van der Waals surface area contributed by atoms with E-state index >= 15 is 0 Å². The Hall–Kier alpha value is -1.30. The molecule has 1 N–H and O–H groups in total. The zero-order chi connectivity index (χ0) is 15.7. The Balaban J connectivity index is 0. The Kier molecular flexibility index (Phi) is 11.9. The average molecular weight is 304 g/mol. The zero-order valence-electron chi connectivity index (χ0n) is 13.3. The van der Waals surface area contributed by atoms with Gasteiger partial charge in [-0.25, -0.2) is 4.79 Å². The van der Waals surface area contributed by atoms with Crippen molar-refractivity contribution in [1.29, 1.82) is 0 Å². The summed E-state index contributed by atoms with van der Waals surface area (Å²) < 4.78 is 5.40. The number of hydrogen-bond acceptors (Lipinski definition) is 3. The third kappa shape index (κ3) is 6.80. The van der Waals surface area contributed by atoms with E-state index in [0.717, 1.165) is 6.42 Å². The Morgan fingerprint density at radius 3 is 2.38 bits per heavy atom. The van der Waals surface area contributed by atoms with E-state index in [1.54, 1.807) is 4.90 Å². The molecule has 1 atom stereocenters. The zero-order valence-corrected chi connectivity index (χ0v) is 13.3. The van der Waals surface area contributed by atoms with Crippen LogP contribution in [-0.4, -0.2) is 65.3 Å². The van der Waals surface area contributed by atoms with Gasteiger partial charge >= 0.3 is 6.09 Å². The summed E-state index contributed by atoms with van der Waals surface area (Å²) in [6.45, 7) is 11.3. The predicted octanol–water partition coefficient (Wildman–Crippen LogP) is 2.67. The molecule has 0 aromatic carbocycles. The van der Waals surface area contributed by atoms with Crippen LogP contribution in [0.3, 0.4) is 0 Å². The minimum absolute atomic E-state index is 0. The van der Waals surface area contributed by atoms with Gasteiger partial charge in [0.2, 0.25) is 0 Å². The minimum Gasteiger partial charge on any atom is -0.465 e. The summed E-state index contributed by atoms with van der Waals surface area (Å²) >= 11 is 0. The Morgan fingerprint density at radius 2 is 1.95 bits per heavy atom. The highest BCUT2D eigenvalue weighted by Gasteiger charge is 2.32. The smallest absolute Gasteiger partial charge is 0.407 e. The third-order valence-electron chi connectivity index (χ3n) is 2.98. The fraction of sp³-hybridized carbons (Fsp3) is 0.867. The Morgan fingerprint density at radius 1 is 1.38 bits per heavy atom. The summed E-state index contributed by atoms with van der Waals surface area (Å²) in [6, 6.07) is 0.0984. The molecule has 1 fully saturated rings. The highest BCUT2D eigenvalue weighted by atomic mass is 16.5. The molecule has 0 radical (unpaired) electrons. The lowest BCUT2D eigenvalue weighted by Gasteiger charge is -2.35. The molecule has 21 heavy (non-hydrogen) atoms. The lowest BCUT2D eigenvalue weighted by molar-refractivity contribution is -0.150. The molecule has 1 saturated heterocycles. The molecule has 1 rings (SSSR count). The molecule has 0 bridgehead atoms. The molecular formula is C15H32N2O4. The molecule has 6 heteroatoms. The molecule has 2 amide bonds. The van der Waals surface area contributed by atoms with Crippen molar-refractivity contribution < 1.29 is 19.4 Å². The molecule has 1 aliphatic rings. The first kappa shape index (κ1) is 22.0. The molecule has 0 saturated carbocycles. The first-order chi connectivity index (χ1) is 9.47. The number of carbonyl (C=O) groups is 2. The maximum atomic E-state index is 12.3. The first-order valence-electron chi connectivity index (χ1n) is 7.37. The lowest BCUT2D eigenvalue weighted by Crippen LogP contribution is -2.53. The standard InChI is InChI=1S/C12H22N2O4.C2H6.CH4/c1-4-5-14(9(2)3)11(15)10-8-13(12(16)17)6-7-18-10;1-2;/h9-10H,4-8H2,1-3H3,(H,16,17);1-2H3;1H4/t10-;;/m1../s1. The average Bonchev–Trinajstić information content (AvgIpc) is 2.46. The van der Waals surface area contributed by atoms with Crippen LogP contribution in [0.4, 0.5) is 4.79 Å². The van der Waals surface area contributed by atoms with Gasteiger partial charge in [0, 0.05) is 19.1 Å². The molecule has 0 unspecified atom stereocenters. The summed E-state index contributed by atoms with van der Waals surface area (Å²) in [7, 11) is 0. The van der Waals surface area contributed by atoms with E-state index in [9.17, 15) is 9.59 Å². The number of hydrogen-bond donors (Lipinski definition) is 1. The maximum Gasteiger partial charge on any atom is 0.407 e. The second-order valence-corrected chi connectivity index (χ2v) is 4.71. The van der Waals surface area contributed by atoms with E-state index in [4.69, 9.17) is 9.84 Å². The van der Waals surface area contributed by atoms with Gasteiger partial charge in [-0.3, -0.25) is 4.79 Å². The van der Waals surface area contributed by atoms with Gasteiger partial charge in [0.15, 0.2) is 6.10 Å². The molecule has 0 aromatic heterocycles. The van der Waals surface area contributed by atoms with Crippen LogP contribution in [0.2, 0.25) is 0 Å². The van der Waals surface area contributed by atoms with Gasteiger partial charge in [-0.15, -0.1) is 0 Å². The van der Waals surface area contributed by atoms with E-state index < -0.39 is 12.2 Å². The summed E-state index contributed by atoms with van der Waals surface area (Å²) in [5.74, 6) is -0.113. The van der Waals surface area contributed by atoms with Gasteiger partial charge < -0.3 is 19.6 Å². The van der Waals surface area contributed by atoms with Crippen molar-refractivity contribution in [3.05, 3.63) is 0 Å². The maximum absolute atomic E-state index is 12.3. The molecular weight excluding hydrogens is 272 g/mol. The summed E-state index contributed by atoms with van der Waals surface area (Å²) in [6.07, 6.45) is -0.786. The largest absolute Gasteiger partial charge is 0.465 e. The second kappa shape index (κ2) is 11.4. The number of carboxylic acid groups (broad SMARTS) is 1. The van der Waals surface area contributed by atoms with Crippen LogP contribution >= 0.6 is 0 Å². The van der Waals surface area contributed by atoms with Crippen LogP contribution < -0.4 is 0 Å². The van der Waals surface area contributed by atoms with Crippen LogP contribution in [0.1, 0.15) is 48.5 Å². The van der Waals surface area contributed by atoms with Gasteiger partial charge in [-0.05, 0) is 20.3 Å². The van der Waals surface area contributed by atoms with Crippen molar-refractivity contribution in [2.45, 2.75) is 60.6 Å². The van der Waals surface area contributed by atoms with E-state index in [2.05, 4.69) is 0 Å². The van der Waals surface area contributed by atoms with Crippen molar-refractivity contribution in [2.24, 2.45) is 0 Å². The predicted molar refractivity (Wildman–Crippen MR) is 84.6 cm³/mol. The van der Waals surface area contributed by atoms with Crippen LogP contribution in [0.25, 0.3) is 0 Å². The number of nitrogens with zero attached hydrogens (tertiary/aromatic N) is 2. The van der Waals surface area contributed by atoms with E-state index in [1.165, 1.54) is 4.90 Å². The summed E-state index contributed by atoms with van der Waals surface area (Å²) in [5, 5.41) is 8.93. The van der Waals surface area contributed by atoms with E-state index in [-0.39, 0.29) is 32.5 Å². The monoisotopic (exact) mass is 304 g/mol. The van der Waals surface area contributed by atoms with Crippen LogP contribution in [0.15, 0.2) is 0 Å². The van der Waals surface area contributed by atoms with Crippen molar-refractivity contribution >= 4 is 12.0 Å². The number of ether oxygens (including phenoxy) is 1. The number of carbonyl (C=O) groups excluding carboxylic acids is 1. The Bertz CT molecular complexity index is 308. The fourth-order valence-corrected chi connectivity index (χ4v) is 2.02. The molecule has 126 valence electrons. The normalized spacial score (nSPS) is 17.4. The Labute approximate surface area is 129 Å². The van der Waals surface area contributed by atoms with Crippen molar-refractivity contribution in [3.8, 4) is 0 Å². The second-order valence-electron chi connectivity index (χ2n) is 4.71. The first-order valence-corrected chi connectivity index (χ1v) is 7.37. The molecule has 6 nitrogen and oxygen atoms in total. The van der Waals surface area contributed by atoms with Crippen LogP contribution in [0, 0.1) is 0 Å². The van der Waals surface area contributed by atoms with E-state index in [1.807, 2.05) is 34.6 Å². The number of rotatable bonds is 4. The molecule has 1 heterocycles. The van der Waals surface area contributed by atoms with Gasteiger partial charge in [0.05, 0.1) is 13.2 Å². The molecule has 0 aromatic rings. The van der Waals surface area contributed by atoms with Gasteiger partial charge in [0.1, 0.15) is 0 Å². The van der Waals surface area contributed by atoms with Crippen molar-refractivity contribution in [3.63, 3.8) is 0 Å². The van der Waals surface area contributed by atoms with Crippen molar-refractivity contribution in [1.82, 2.24) is 9.80 Å².